The molecule has 0 rings (SSSR count). The molecule has 0 aliphatic rings. The standard InChI is InChI=1S/C5H2F8O2.Na/c6-1(7)3(8,9)5(12,13)4(10,11)2(14)15;/h1H,(H,14,15);. The number of alkyl halides is 8. The van der Waals surface area contributed by atoms with E-state index in [1.165, 1.54) is 0 Å². The normalized spacial score (nSPS) is 13.6. The summed E-state index contributed by atoms with van der Waals surface area (Å²) in [4.78, 5) is 9.53. The third-order valence-corrected chi connectivity index (χ3v) is 1.36. The van der Waals surface area contributed by atoms with Crippen molar-refractivity contribution < 1.29 is 45.0 Å². The van der Waals surface area contributed by atoms with Gasteiger partial charge in [0.1, 0.15) is 0 Å². The van der Waals surface area contributed by atoms with E-state index >= 15 is 0 Å². The van der Waals surface area contributed by atoms with Crippen LogP contribution in [-0.2, 0) is 4.79 Å². The van der Waals surface area contributed by atoms with E-state index in [0.717, 1.165) is 0 Å². The van der Waals surface area contributed by atoms with Crippen molar-refractivity contribution in [3.63, 3.8) is 0 Å². The monoisotopic (exact) mass is 269 g/mol. The van der Waals surface area contributed by atoms with Crippen molar-refractivity contribution >= 4 is 35.5 Å². The minimum absolute atomic E-state index is 0. The van der Waals surface area contributed by atoms with Gasteiger partial charge in [-0.1, -0.05) is 0 Å². The fourth-order valence-corrected chi connectivity index (χ4v) is 0.481. The third-order valence-electron chi connectivity index (χ3n) is 1.36. The Bertz CT molecular complexity index is 265. The van der Waals surface area contributed by atoms with Gasteiger partial charge >= 0.3 is 30.2 Å². The summed E-state index contributed by atoms with van der Waals surface area (Å²) in [5, 5.41) is 7.51. The minimum atomic E-state index is -6.68. The molecule has 0 aromatic rings. The fourth-order valence-electron chi connectivity index (χ4n) is 0.481. The average Bonchev–Trinajstić information content (AvgIpc) is 2.02. The molecule has 0 spiro atoms. The van der Waals surface area contributed by atoms with Gasteiger partial charge in [0.05, 0.1) is 0 Å². The smallest absolute Gasteiger partial charge is 0.410 e. The Morgan fingerprint density at radius 2 is 1.31 bits per heavy atom. The molecule has 91 valence electrons. The van der Waals surface area contributed by atoms with Crippen LogP contribution < -0.4 is 0 Å². The first kappa shape index (κ1) is 18.3. The number of aliphatic carboxylic acids is 1. The number of halogens is 8. The van der Waals surface area contributed by atoms with E-state index in [1.54, 1.807) is 0 Å². The van der Waals surface area contributed by atoms with Crippen LogP contribution in [0, 0.1) is 0 Å². The first-order valence-corrected chi connectivity index (χ1v) is 3.04. The molecule has 0 aromatic carbocycles. The van der Waals surface area contributed by atoms with Crippen LogP contribution in [0.1, 0.15) is 0 Å². The zero-order valence-electron chi connectivity index (χ0n) is 7.46. The number of carbonyl (C=O) groups is 1. The molecule has 0 bridgehead atoms. The maximum atomic E-state index is 12.1. The predicted molar refractivity (Wildman–Crippen MR) is 34.2 cm³/mol. The summed E-state index contributed by atoms with van der Waals surface area (Å²) < 4.78 is 94.8. The zero-order valence-corrected chi connectivity index (χ0v) is 9.46. The Balaban J connectivity index is 0. The molecule has 0 atom stereocenters. The molecule has 0 aliphatic carbocycles. The Labute approximate surface area is 105 Å². The topological polar surface area (TPSA) is 37.3 Å². The number of carboxylic acid groups (broad SMARTS) is 1. The molecule has 0 heterocycles. The third kappa shape index (κ3) is 2.59. The maximum Gasteiger partial charge on any atom is 0.410 e. The van der Waals surface area contributed by atoms with Crippen LogP contribution in [0.4, 0.5) is 35.1 Å². The fraction of sp³-hybridized carbons (Fsp3) is 0.800. The van der Waals surface area contributed by atoms with Gasteiger partial charge in [-0.05, 0) is 0 Å². The zero-order chi connectivity index (χ0) is 12.7. The van der Waals surface area contributed by atoms with Crippen LogP contribution in [0.2, 0.25) is 0 Å². The van der Waals surface area contributed by atoms with Crippen LogP contribution in [-0.4, -0.2) is 64.8 Å². The molecule has 0 saturated carbocycles. The Kier molecular flexibility index (Phi) is 5.77. The maximum absolute atomic E-state index is 12.1. The molecule has 0 aliphatic heterocycles. The van der Waals surface area contributed by atoms with E-state index in [2.05, 4.69) is 0 Å². The van der Waals surface area contributed by atoms with Crippen molar-refractivity contribution in [3.8, 4) is 0 Å². The van der Waals surface area contributed by atoms with Gasteiger partial charge in [0.2, 0.25) is 0 Å². The van der Waals surface area contributed by atoms with E-state index in [0.29, 0.717) is 0 Å². The molecule has 11 heteroatoms. The van der Waals surface area contributed by atoms with Gasteiger partial charge in [-0.25, -0.2) is 13.6 Å². The van der Waals surface area contributed by atoms with Crippen LogP contribution in [0.15, 0.2) is 0 Å². The van der Waals surface area contributed by atoms with E-state index in [9.17, 15) is 39.9 Å². The molecule has 0 aromatic heterocycles. The van der Waals surface area contributed by atoms with Crippen LogP contribution in [0.3, 0.4) is 0 Å². The Morgan fingerprint density at radius 3 is 1.50 bits per heavy atom. The number of hydrogen-bond acceptors (Lipinski definition) is 1. The van der Waals surface area contributed by atoms with Crippen molar-refractivity contribution in [2.24, 2.45) is 0 Å². The first-order chi connectivity index (χ1) is 6.39. The van der Waals surface area contributed by atoms with Gasteiger partial charge in [0, 0.05) is 29.6 Å². The second kappa shape index (κ2) is 5.05. The second-order valence-electron chi connectivity index (χ2n) is 2.38. The largest absolute Gasteiger partial charge is 0.477 e. The molecule has 16 heavy (non-hydrogen) atoms. The Hall–Kier alpha value is -0.0900. The molecule has 0 unspecified atom stereocenters. The Morgan fingerprint density at radius 1 is 1.00 bits per heavy atom. The quantitative estimate of drug-likeness (QED) is 0.624. The second-order valence-corrected chi connectivity index (χ2v) is 2.38. The van der Waals surface area contributed by atoms with Crippen LogP contribution >= 0.6 is 0 Å². The number of rotatable bonds is 4. The summed E-state index contributed by atoms with van der Waals surface area (Å²) in [6, 6.07) is 0. The van der Waals surface area contributed by atoms with E-state index < -0.39 is 30.2 Å². The van der Waals surface area contributed by atoms with Gasteiger partial charge < -0.3 is 5.11 Å². The molecule has 2 nitrogen and oxygen atoms in total. The van der Waals surface area contributed by atoms with Crippen LogP contribution in [0.25, 0.3) is 0 Å². The van der Waals surface area contributed by atoms with Crippen molar-refractivity contribution in [1.29, 1.82) is 0 Å². The van der Waals surface area contributed by atoms with Gasteiger partial charge in [-0.3, -0.25) is 0 Å². The summed E-state index contributed by atoms with van der Waals surface area (Å²) in [5.74, 6) is -23.0. The van der Waals surface area contributed by atoms with E-state index in [-0.39, 0.29) is 29.6 Å². The van der Waals surface area contributed by atoms with Crippen molar-refractivity contribution in [3.05, 3.63) is 0 Å². The summed E-state index contributed by atoms with van der Waals surface area (Å²) in [5.41, 5.74) is 0. The summed E-state index contributed by atoms with van der Waals surface area (Å²) in [6.45, 7) is 0. The predicted octanol–water partition coefficient (Wildman–Crippen LogP) is 1.86. The number of hydrogen-bond donors (Lipinski definition) is 1. The van der Waals surface area contributed by atoms with Gasteiger partial charge in [0.15, 0.2) is 0 Å². The minimum Gasteiger partial charge on any atom is -0.477 e. The average molecular weight is 269 g/mol. The van der Waals surface area contributed by atoms with Gasteiger partial charge in [-0.2, -0.15) is 26.3 Å². The number of carboxylic acids is 1. The summed E-state index contributed by atoms with van der Waals surface area (Å²) in [6.07, 6.45) is -5.11. The molecule has 1 radical (unpaired) electrons. The molecular formula is C5H2F8NaO2. The summed E-state index contributed by atoms with van der Waals surface area (Å²) >= 11 is 0. The van der Waals surface area contributed by atoms with Crippen LogP contribution in [0.5, 0.6) is 0 Å². The molecule has 1 N–H and O–H groups in total. The van der Waals surface area contributed by atoms with Crippen molar-refractivity contribution in [2.75, 3.05) is 0 Å². The first-order valence-electron chi connectivity index (χ1n) is 3.04. The molecule has 0 saturated heterocycles. The van der Waals surface area contributed by atoms with Crippen molar-refractivity contribution in [1.82, 2.24) is 0 Å². The molecular weight excluding hydrogens is 267 g/mol. The van der Waals surface area contributed by atoms with Crippen molar-refractivity contribution in [2.45, 2.75) is 24.2 Å². The molecule has 0 fully saturated rings. The SMILES string of the molecule is O=C(O)C(F)(F)C(F)(F)C(F)(F)C(F)F.[Na]. The van der Waals surface area contributed by atoms with E-state index in [4.69, 9.17) is 5.11 Å². The summed E-state index contributed by atoms with van der Waals surface area (Å²) in [7, 11) is 0. The van der Waals surface area contributed by atoms with Gasteiger partial charge in [-0.15, -0.1) is 0 Å². The van der Waals surface area contributed by atoms with E-state index in [1.807, 2.05) is 0 Å². The molecule has 0 amide bonds. The van der Waals surface area contributed by atoms with Gasteiger partial charge in [0.25, 0.3) is 0 Å².